The van der Waals surface area contributed by atoms with E-state index in [0.717, 1.165) is 0 Å². The predicted octanol–water partition coefficient (Wildman–Crippen LogP) is 1.01. The summed E-state index contributed by atoms with van der Waals surface area (Å²) in [5.74, 6) is 0.457. The summed E-state index contributed by atoms with van der Waals surface area (Å²) in [6.45, 7) is 0. The van der Waals surface area contributed by atoms with E-state index >= 15 is 0 Å². The molecule has 1 aromatic heterocycles. The van der Waals surface area contributed by atoms with Crippen molar-refractivity contribution in [2.75, 3.05) is 6.26 Å². The molecule has 0 fully saturated rings. The molecule has 0 aliphatic carbocycles. The van der Waals surface area contributed by atoms with E-state index in [1.165, 1.54) is 16.4 Å². The smallest absolute Gasteiger partial charge is 0.267 e. The molecule has 0 unspecified atom stereocenters. The summed E-state index contributed by atoms with van der Waals surface area (Å²) in [5.41, 5.74) is -0.376. The summed E-state index contributed by atoms with van der Waals surface area (Å²) in [4.78, 5) is 23.5. The second-order valence-electron chi connectivity index (χ2n) is 3.14. The Morgan fingerprint density at radius 1 is 1.27 bits per heavy atom. The molecule has 0 bridgehead atoms. The average Bonchev–Trinajstić information content (AvgIpc) is 2.26. The molecule has 1 aromatic carbocycles. The number of aromatic nitrogens is 2. The minimum absolute atomic E-state index is 0.153. The van der Waals surface area contributed by atoms with Crippen molar-refractivity contribution in [1.82, 2.24) is 9.78 Å². The quantitative estimate of drug-likeness (QED) is 0.825. The van der Waals surface area contributed by atoms with Crippen LogP contribution in [0.4, 0.5) is 0 Å². The highest BCUT2D eigenvalue weighted by Crippen LogP contribution is 2.03. The van der Waals surface area contributed by atoms with Gasteiger partial charge < -0.3 is 0 Å². The molecule has 2 aromatic rings. The standard InChI is InChI=1S/C10H10N2O2S/c1-15-6-12-10(14)8-5-3-2-4-7(8)9(13)11-12/h2-5H,6H2,1H3,(H,11,13). The second kappa shape index (κ2) is 3.94. The molecule has 0 spiro atoms. The Morgan fingerprint density at radius 2 is 1.93 bits per heavy atom. The number of H-pyrrole nitrogens is 1. The lowest BCUT2D eigenvalue weighted by Crippen LogP contribution is -2.28. The molecule has 78 valence electrons. The number of fused-ring (bicyclic) bond motifs is 1. The number of thioether (sulfide) groups is 1. The fourth-order valence-corrected chi connectivity index (χ4v) is 1.91. The summed E-state index contributed by atoms with van der Waals surface area (Å²) in [6.07, 6.45) is 1.87. The van der Waals surface area contributed by atoms with Crippen LogP contribution in [0.15, 0.2) is 33.9 Å². The molecule has 0 aliphatic rings. The maximum Gasteiger partial charge on any atom is 0.273 e. The molecular formula is C10H10N2O2S. The Bertz CT molecular complexity index is 600. The molecule has 0 radical (unpaired) electrons. The highest BCUT2D eigenvalue weighted by molar-refractivity contribution is 7.97. The van der Waals surface area contributed by atoms with Crippen LogP contribution in [0.25, 0.3) is 10.8 Å². The lowest BCUT2D eigenvalue weighted by Gasteiger charge is -2.04. The van der Waals surface area contributed by atoms with Crippen molar-refractivity contribution in [3.8, 4) is 0 Å². The molecule has 0 aliphatic heterocycles. The van der Waals surface area contributed by atoms with Crippen LogP contribution < -0.4 is 11.1 Å². The first-order valence-electron chi connectivity index (χ1n) is 4.45. The van der Waals surface area contributed by atoms with E-state index in [-0.39, 0.29) is 11.1 Å². The minimum Gasteiger partial charge on any atom is -0.267 e. The number of nitrogens with one attached hydrogen (secondary N) is 1. The van der Waals surface area contributed by atoms with E-state index in [4.69, 9.17) is 0 Å². The maximum atomic E-state index is 11.9. The zero-order chi connectivity index (χ0) is 10.8. The number of hydrogen-bond acceptors (Lipinski definition) is 3. The van der Waals surface area contributed by atoms with Crippen LogP contribution in [-0.2, 0) is 5.88 Å². The first kappa shape index (κ1) is 10.0. The van der Waals surface area contributed by atoms with Gasteiger partial charge in [0.15, 0.2) is 0 Å². The molecule has 1 N–H and O–H groups in total. The summed E-state index contributed by atoms with van der Waals surface area (Å²) in [7, 11) is 0. The van der Waals surface area contributed by atoms with E-state index in [9.17, 15) is 9.59 Å². The molecule has 5 heteroatoms. The molecule has 15 heavy (non-hydrogen) atoms. The molecule has 2 rings (SSSR count). The fourth-order valence-electron chi connectivity index (χ4n) is 1.47. The molecule has 0 saturated heterocycles. The first-order valence-corrected chi connectivity index (χ1v) is 5.84. The van der Waals surface area contributed by atoms with Crippen LogP contribution in [-0.4, -0.2) is 16.0 Å². The third-order valence-electron chi connectivity index (χ3n) is 2.14. The van der Waals surface area contributed by atoms with Crippen molar-refractivity contribution >= 4 is 22.5 Å². The normalized spacial score (nSPS) is 10.7. The third-order valence-corrected chi connectivity index (χ3v) is 2.66. The first-order chi connectivity index (χ1) is 7.24. The molecular weight excluding hydrogens is 212 g/mol. The van der Waals surface area contributed by atoms with Crippen molar-refractivity contribution in [3.05, 3.63) is 45.0 Å². The zero-order valence-electron chi connectivity index (χ0n) is 8.19. The Labute approximate surface area is 89.9 Å². The van der Waals surface area contributed by atoms with Gasteiger partial charge in [0, 0.05) is 0 Å². The largest absolute Gasteiger partial charge is 0.273 e. The van der Waals surface area contributed by atoms with Crippen molar-refractivity contribution in [2.45, 2.75) is 5.88 Å². The van der Waals surface area contributed by atoms with Gasteiger partial charge >= 0.3 is 0 Å². The van der Waals surface area contributed by atoms with Gasteiger partial charge in [-0.05, 0) is 18.4 Å². The summed E-state index contributed by atoms with van der Waals surface area (Å²) in [5, 5.41) is 3.46. The lowest BCUT2D eigenvalue weighted by molar-refractivity contribution is 0.691. The minimum atomic E-state index is -0.223. The SMILES string of the molecule is CSCn1[nH]c(=O)c2ccccc2c1=O. The number of hydrogen-bond donors (Lipinski definition) is 1. The predicted molar refractivity (Wildman–Crippen MR) is 62.3 cm³/mol. The molecule has 0 saturated carbocycles. The summed E-state index contributed by atoms with van der Waals surface area (Å²) < 4.78 is 1.33. The van der Waals surface area contributed by atoms with Crippen LogP contribution >= 0.6 is 11.8 Å². The third kappa shape index (κ3) is 1.70. The number of benzene rings is 1. The van der Waals surface area contributed by atoms with Crippen molar-refractivity contribution in [3.63, 3.8) is 0 Å². The Hall–Kier alpha value is -1.49. The van der Waals surface area contributed by atoms with Crippen LogP contribution in [0.1, 0.15) is 0 Å². The lowest BCUT2D eigenvalue weighted by atomic mass is 10.2. The molecule has 0 amide bonds. The molecule has 4 nitrogen and oxygen atoms in total. The average molecular weight is 222 g/mol. The zero-order valence-corrected chi connectivity index (χ0v) is 9.00. The van der Waals surface area contributed by atoms with E-state index < -0.39 is 0 Å². The highest BCUT2D eigenvalue weighted by atomic mass is 32.2. The molecule has 0 atom stereocenters. The van der Waals surface area contributed by atoms with E-state index in [1.54, 1.807) is 24.3 Å². The van der Waals surface area contributed by atoms with Gasteiger partial charge in [-0.2, -0.15) is 0 Å². The number of rotatable bonds is 2. The topological polar surface area (TPSA) is 54.9 Å². The van der Waals surface area contributed by atoms with Crippen LogP contribution in [0.3, 0.4) is 0 Å². The Kier molecular flexibility index (Phi) is 2.64. The van der Waals surface area contributed by atoms with E-state index in [1.807, 2.05) is 6.26 Å². The van der Waals surface area contributed by atoms with Crippen LogP contribution in [0.5, 0.6) is 0 Å². The molecule has 1 heterocycles. The van der Waals surface area contributed by atoms with Gasteiger partial charge in [0.25, 0.3) is 11.1 Å². The second-order valence-corrected chi connectivity index (χ2v) is 3.97. The van der Waals surface area contributed by atoms with Crippen molar-refractivity contribution < 1.29 is 0 Å². The summed E-state index contributed by atoms with van der Waals surface area (Å²) in [6, 6.07) is 6.82. The van der Waals surface area contributed by atoms with E-state index in [0.29, 0.717) is 16.6 Å². The van der Waals surface area contributed by atoms with Gasteiger partial charge in [-0.25, -0.2) is 4.68 Å². The van der Waals surface area contributed by atoms with Gasteiger partial charge in [0.05, 0.1) is 16.6 Å². The number of nitrogens with zero attached hydrogens (tertiary/aromatic N) is 1. The fraction of sp³-hybridized carbons (Fsp3) is 0.200. The van der Waals surface area contributed by atoms with Gasteiger partial charge in [-0.3, -0.25) is 14.7 Å². The van der Waals surface area contributed by atoms with Gasteiger partial charge in [-0.1, -0.05) is 12.1 Å². The monoisotopic (exact) mass is 222 g/mol. The maximum absolute atomic E-state index is 11.9. The highest BCUT2D eigenvalue weighted by Gasteiger charge is 2.04. The van der Waals surface area contributed by atoms with Crippen LogP contribution in [0.2, 0.25) is 0 Å². The van der Waals surface area contributed by atoms with E-state index in [2.05, 4.69) is 5.10 Å². The van der Waals surface area contributed by atoms with Gasteiger partial charge in [0.2, 0.25) is 0 Å². The Morgan fingerprint density at radius 3 is 2.60 bits per heavy atom. The Balaban J connectivity index is 2.85. The summed E-state index contributed by atoms with van der Waals surface area (Å²) >= 11 is 1.48. The number of aromatic amines is 1. The van der Waals surface area contributed by atoms with Crippen LogP contribution in [0, 0.1) is 0 Å². The van der Waals surface area contributed by atoms with Crippen molar-refractivity contribution in [2.24, 2.45) is 0 Å². The van der Waals surface area contributed by atoms with Gasteiger partial charge in [-0.15, -0.1) is 11.8 Å². The van der Waals surface area contributed by atoms with Gasteiger partial charge in [0.1, 0.15) is 0 Å². The van der Waals surface area contributed by atoms with Crippen molar-refractivity contribution in [1.29, 1.82) is 0 Å².